The van der Waals surface area contributed by atoms with E-state index < -0.39 is 0 Å². The molecule has 1 atom stereocenters. The molecule has 23 heavy (non-hydrogen) atoms. The summed E-state index contributed by atoms with van der Waals surface area (Å²) in [4.78, 5) is 27.3. The Kier molecular flexibility index (Phi) is 3.45. The number of nitrogens with zero attached hydrogens (tertiary/aromatic N) is 6. The van der Waals surface area contributed by atoms with Crippen LogP contribution in [-0.2, 0) is 0 Å². The van der Waals surface area contributed by atoms with Gasteiger partial charge in [-0.05, 0) is 25.8 Å². The molecule has 3 aromatic rings. The van der Waals surface area contributed by atoms with Crippen molar-refractivity contribution in [3.63, 3.8) is 0 Å². The highest BCUT2D eigenvalue weighted by Crippen LogP contribution is 2.34. The zero-order valence-corrected chi connectivity index (χ0v) is 12.8. The quantitative estimate of drug-likeness (QED) is 0.799. The van der Waals surface area contributed by atoms with Gasteiger partial charge >= 0.3 is 0 Å². The van der Waals surface area contributed by atoms with Crippen molar-refractivity contribution in [1.82, 2.24) is 29.9 Å². The minimum Gasteiger partial charge on any atom is -0.348 e. The Morgan fingerprint density at radius 2 is 2.09 bits per heavy atom. The molecule has 0 aromatic carbocycles. The monoisotopic (exact) mass is 307 g/mol. The van der Waals surface area contributed by atoms with Gasteiger partial charge in [-0.3, -0.25) is 4.98 Å². The summed E-state index contributed by atoms with van der Waals surface area (Å²) in [5, 5.41) is 0. The zero-order chi connectivity index (χ0) is 15.6. The van der Waals surface area contributed by atoms with Crippen LogP contribution in [0.1, 0.15) is 30.4 Å². The van der Waals surface area contributed by atoms with E-state index >= 15 is 0 Å². The van der Waals surface area contributed by atoms with Crippen molar-refractivity contribution in [3.8, 4) is 11.5 Å². The maximum Gasteiger partial charge on any atom is 0.157 e. The summed E-state index contributed by atoms with van der Waals surface area (Å²) in [6.07, 6.45) is 11.1. The third-order valence-electron chi connectivity index (χ3n) is 4.06. The molecule has 0 bridgehead atoms. The summed E-state index contributed by atoms with van der Waals surface area (Å²) < 4.78 is 0. The zero-order valence-electron chi connectivity index (χ0n) is 12.8. The number of imidazole rings is 1. The van der Waals surface area contributed by atoms with Gasteiger partial charge in [0.2, 0.25) is 0 Å². The maximum absolute atomic E-state index is 4.61. The largest absolute Gasteiger partial charge is 0.348 e. The van der Waals surface area contributed by atoms with Crippen molar-refractivity contribution in [3.05, 3.63) is 48.6 Å². The van der Waals surface area contributed by atoms with Crippen LogP contribution in [0.2, 0.25) is 0 Å². The number of aryl methyl sites for hydroxylation is 1. The van der Waals surface area contributed by atoms with Crippen LogP contribution in [0.5, 0.6) is 0 Å². The number of rotatable bonds is 3. The van der Waals surface area contributed by atoms with Crippen LogP contribution < -0.4 is 4.90 Å². The SMILES string of the molecule is Cc1nccc(N2CCC[C@H]2c2cnc(-c3ncc[nH]3)cn2)n1. The Bertz CT molecular complexity index is 782. The van der Waals surface area contributed by atoms with E-state index in [1.54, 1.807) is 24.8 Å². The minimum absolute atomic E-state index is 0.211. The van der Waals surface area contributed by atoms with Crippen LogP contribution in [-0.4, -0.2) is 36.4 Å². The van der Waals surface area contributed by atoms with Crippen LogP contribution in [0.4, 0.5) is 5.82 Å². The van der Waals surface area contributed by atoms with Crippen LogP contribution in [0.3, 0.4) is 0 Å². The lowest BCUT2D eigenvalue weighted by molar-refractivity contribution is 0.681. The van der Waals surface area contributed by atoms with Crippen molar-refractivity contribution >= 4 is 5.82 Å². The summed E-state index contributed by atoms with van der Waals surface area (Å²) in [7, 11) is 0. The molecule has 1 aliphatic heterocycles. The topological polar surface area (TPSA) is 83.5 Å². The Balaban J connectivity index is 1.61. The number of anilines is 1. The van der Waals surface area contributed by atoms with Crippen LogP contribution in [0, 0.1) is 6.92 Å². The van der Waals surface area contributed by atoms with Gasteiger partial charge in [0.15, 0.2) is 5.82 Å². The molecular formula is C16H17N7. The van der Waals surface area contributed by atoms with Gasteiger partial charge in [0.1, 0.15) is 17.3 Å². The van der Waals surface area contributed by atoms with Gasteiger partial charge < -0.3 is 9.88 Å². The Hall–Kier alpha value is -2.83. The molecule has 0 radical (unpaired) electrons. The average molecular weight is 307 g/mol. The first-order valence-electron chi connectivity index (χ1n) is 7.69. The highest BCUT2D eigenvalue weighted by atomic mass is 15.2. The molecule has 0 aliphatic carbocycles. The maximum atomic E-state index is 4.61. The lowest BCUT2D eigenvalue weighted by atomic mass is 10.1. The molecule has 1 fully saturated rings. The van der Waals surface area contributed by atoms with Crippen molar-refractivity contribution in [1.29, 1.82) is 0 Å². The van der Waals surface area contributed by atoms with Gasteiger partial charge in [-0.25, -0.2) is 19.9 Å². The third kappa shape index (κ3) is 2.65. The van der Waals surface area contributed by atoms with Crippen molar-refractivity contribution in [2.24, 2.45) is 0 Å². The van der Waals surface area contributed by atoms with Crippen molar-refractivity contribution < 1.29 is 0 Å². The minimum atomic E-state index is 0.211. The molecule has 0 unspecified atom stereocenters. The predicted molar refractivity (Wildman–Crippen MR) is 85.7 cm³/mol. The lowest BCUT2D eigenvalue weighted by Gasteiger charge is -2.25. The number of H-pyrrole nitrogens is 1. The second-order valence-corrected chi connectivity index (χ2v) is 5.58. The summed E-state index contributed by atoms with van der Waals surface area (Å²) in [5.41, 5.74) is 1.72. The molecular weight excluding hydrogens is 290 g/mol. The fraction of sp³-hybridized carbons (Fsp3) is 0.312. The van der Waals surface area contributed by atoms with E-state index in [4.69, 9.17) is 0 Å². The van der Waals surface area contributed by atoms with Gasteiger partial charge in [-0.2, -0.15) is 0 Å². The molecule has 116 valence electrons. The van der Waals surface area contributed by atoms with E-state index in [1.165, 1.54) is 0 Å². The highest BCUT2D eigenvalue weighted by molar-refractivity contribution is 5.47. The van der Waals surface area contributed by atoms with Crippen molar-refractivity contribution in [2.75, 3.05) is 11.4 Å². The molecule has 1 N–H and O–H groups in total. The first kappa shape index (κ1) is 13.8. The molecule has 1 saturated heterocycles. The van der Waals surface area contributed by atoms with Crippen molar-refractivity contribution in [2.45, 2.75) is 25.8 Å². The van der Waals surface area contributed by atoms with Crippen LogP contribution in [0.25, 0.3) is 11.5 Å². The number of aromatic amines is 1. The summed E-state index contributed by atoms with van der Waals surface area (Å²) in [6, 6.07) is 2.16. The summed E-state index contributed by atoms with van der Waals surface area (Å²) >= 11 is 0. The first-order chi connectivity index (χ1) is 11.3. The Morgan fingerprint density at radius 3 is 2.83 bits per heavy atom. The highest BCUT2D eigenvalue weighted by Gasteiger charge is 2.28. The Morgan fingerprint density at radius 1 is 1.13 bits per heavy atom. The van der Waals surface area contributed by atoms with E-state index in [1.807, 2.05) is 19.2 Å². The number of hydrogen-bond acceptors (Lipinski definition) is 6. The number of nitrogens with one attached hydrogen (secondary N) is 1. The average Bonchev–Trinajstić information content (AvgIpc) is 3.27. The van der Waals surface area contributed by atoms with Crippen LogP contribution >= 0.6 is 0 Å². The summed E-state index contributed by atoms with van der Waals surface area (Å²) in [6.45, 7) is 2.88. The second-order valence-electron chi connectivity index (χ2n) is 5.58. The number of aromatic nitrogens is 6. The first-order valence-corrected chi connectivity index (χ1v) is 7.69. The molecule has 1 aliphatic rings. The Labute approximate surface area is 133 Å². The normalized spacial score (nSPS) is 17.6. The third-order valence-corrected chi connectivity index (χ3v) is 4.06. The molecule has 0 amide bonds. The lowest BCUT2D eigenvalue weighted by Crippen LogP contribution is -2.24. The van der Waals surface area contributed by atoms with E-state index in [0.29, 0.717) is 0 Å². The molecule has 0 saturated carbocycles. The molecule has 7 heteroatoms. The molecule has 4 rings (SSSR count). The van der Waals surface area contributed by atoms with Crippen LogP contribution in [0.15, 0.2) is 37.1 Å². The van der Waals surface area contributed by atoms with E-state index in [-0.39, 0.29) is 6.04 Å². The van der Waals surface area contributed by atoms with E-state index in [9.17, 15) is 0 Å². The second kappa shape index (κ2) is 5.75. The number of hydrogen-bond donors (Lipinski definition) is 1. The van der Waals surface area contributed by atoms with E-state index in [0.717, 1.165) is 48.2 Å². The van der Waals surface area contributed by atoms with Gasteiger partial charge in [0, 0.05) is 25.1 Å². The standard InChI is InChI=1S/C16H17N7/c1-11-17-5-4-15(22-11)23-8-2-3-14(23)12-9-21-13(10-20-12)16-18-6-7-19-16/h4-7,9-10,14H,2-3,8H2,1H3,(H,18,19)/t14-/m0/s1. The molecule has 4 heterocycles. The van der Waals surface area contributed by atoms with E-state index in [2.05, 4.69) is 34.8 Å². The molecule has 0 spiro atoms. The van der Waals surface area contributed by atoms with Gasteiger partial charge in [0.25, 0.3) is 0 Å². The van der Waals surface area contributed by atoms with Gasteiger partial charge in [0.05, 0.1) is 24.1 Å². The molecule has 7 nitrogen and oxygen atoms in total. The fourth-order valence-corrected chi connectivity index (χ4v) is 2.99. The fourth-order valence-electron chi connectivity index (χ4n) is 2.99. The van der Waals surface area contributed by atoms with Gasteiger partial charge in [-0.1, -0.05) is 0 Å². The van der Waals surface area contributed by atoms with Gasteiger partial charge in [-0.15, -0.1) is 0 Å². The summed E-state index contributed by atoms with van der Waals surface area (Å²) in [5.74, 6) is 2.48. The smallest absolute Gasteiger partial charge is 0.157 e. The predicted octanol–water partition coefficient (Wildman–Crippen LogP) is 2.31. The molecule has 3 aromatic heterocycles.